The van der Waals surface area contributed by atoms with E-state index in [0.717, 1.165) is 5.56 Å². The molecule has 4 aromatic rings. The second kappa shape index (κ2) is 9.17. The Morgan fingerprint density at radius 2 is 1.45 bits per heavy atom. The standard InChI is InChI=1S/C21H17ClN6O2S/c22-18-17(16-10-5-2-6-11-16)19(27-21(26-18)20-23-12-7-13-24-20)28-31(29,30)25-14-15-8-3-1-4-9-15/h1-13,25H,14H2,(H,26,27,28). The van der Waals surface area contributed by atoms with Gasteiger partial charge in [-0.25, -0.2) is 19.9 Å². The zero-order valence-corrected chi connectivity index (χ0v) is 17.7. The molecule has 2 heterocycles. The third kappa shape index (κ3) is 5.21. The molecule has 31 heavy (non-hydrogen) atoms. The molecule has 0 bridgehead atoms. The fourth-order valence-corrected chi connectivity index (χ4v) is 3.93. The molecule has 0 saturated carbocycles. The van der Waals surface area contributed by atoms with Crippen LogP contribution in [-0.2, 0) is 16.8 Å². The zero-order valence-electron chi connectivity index (χ0n) is 16.1. The molecule has 2 aromatic carbocycles. The molecule has 0 radical (unpaired) electrons. The van der Waals surface area contributed by atoms with Crippen LogP contribution in [0.25, 0.3) is 22.8 Å². The van der Waals surface area contributed by atoms with E-state index in [2.05, 4.69) is 29.4 Å². The van der Waals surface area contributed by atoms with Crippen molar-refractivity contribution in [2.75, 3.05) is 4.72 Å². The molecule has 0 spiro atoms. The zero-order chi connectivity index (χ0) is 21.7. The van der Waals surface area contributed by atoms with Crippen LogP contribution in [0.5, 0.6) is 0 Å². The van der Waals surface area contributed by atoms with E-state index in [4.69, 9.17) is 11.6 Å². The van der Waals surface area contributed by atoms with E-state index in [1.807, 2.05) is 48.5 Å². The van der Waals surface area contributed by atoms with Crippen LogP contribution in [-0.4, -0.2) is 28.4 Å². The first-order valence-electron chi connectivity index (χ1n) is 9.23. The molecule has 0 aliphatic heterocycles. The van der Waals surface area contributed by atoms with E-state index in [1.165, 1.54) is 12.4 Å². The fourth-order valence-electron chi connectivity index (χ4n) is 2.82. The van der Waals surface area contributed by atoms with Gasteiger partial charge < -0.3 is 0 Å². The highest BCUT2D eigenvalue weighted by molar-refractivity contribution is 7.90. The van der Waals surface area contributed by atoms with E-state index in [1.54, 1.807) is 18.2 Å². The number of rotatable bonds is 7. The third-order valence-corrected chi connectivity index (χ3v) is 5.49. The van der Waals surface area contributed by atoms with Crippen molar-refractivity contribution in [3.05, 3.63) is 89.8 Å². The molecule has 0 aliphatic carbocycles. The molecular formula is C21H17ClN6O2S. The molecule has 0 unspecified atom stereocenters. The van der Waals surface area contributed by atoms with Crippen molar-refractivity contribution < 1.29 is 8.42 Å². The van der Waals surface area contributed by atoms with Crippen LogP contribution in [0.15, 0.2) is 79.1 Å². The minimum absolute atomic E-state index is 0.0224. The second-order valence-electron chi connectivity index (χ2n) is 6.41. The smallest absolute Gasteiger partial charge is 0.254 e. The summed E-state index contributed by atoms with van der Waals surface area (Å²) in [6.07, 6.45) is 3.08. The Labute approximate surface area is 184 Å². The molecular weight excluding hydrogens is 436 g/mol. The summed E-state index contributed by atoms with van der Waals surface area (Å²) in [6.45, 7) is 0.115. The average Bonchev–Trinajstić information content (AvgIpc) is 2.79. The lowest BCUT2D eigenvalue weighted by Gasteiger charge is -2.14. The van der Waals surface area contributed by atoms with Gasteiger partial charge in [0.25, 0.3) is 0 Å². The predicted molar refractivity (Wildman–Crippen MR) is 119 cm³/mol. The van der Waals surface area contributed by atoms with Gasteiger partial charge in [-0.05, 0) is 17.2 Å². The lowest BCUT2D eigenvalue weighted by molar-refractivity contribution is 0.586. The molecule has 8 nitrogen and oxygen atoms in total. The number of aromatic nitrogens is 4. The van der Waals surface area contributed by atoms with Crippen LogP contribution in [0, 0.1) is 0 Å². The third-order valence-electron chi connectivity index (χ3n) is 4.23. The molecule has 0 saturated heterocycles. The van der Waals surface area contributed by atoms with Gasteiger partial charge in [0, 0.05) is 18.9 Å². The molecule has 2 aromatic heterocycles. The molecule has 4 rings (SSSR count). The second-order valence-corrected chi connectivity index (χ2v) is 8.27. The van der Waals surface area contributed by atoms with Gasteiger partial charge in [-0.3, -0.25) is 4.72 Å². The first-order valence-corrected chi connectivity index (χ1v) is 11.1. The van der Waals surface area contributed by atoms with Crippen LogP contribution < -0.4 is 9.44 Å². The molecule has 156 valence electrons. The maximum atomic E-state index is 12.8. The van der Waals surface area contributed by atoms with Crippen molar-refractivity contribution in [3.8, 4) is 22.8 Å². The summed E-state index contributed by atoms with van der Waals surface area (Å²) in [5, 5.41) is 0.0735. The number of halogens is 1. The number of anilines is 1. The highest BCUT2D eigenvalue weighted by Gasteiger charge is 2.21. The van der Waals surface area contributed by atoms with Gasteiger partial charge >= 0.3 is 10.2 Å². The van der Waals surface area contributed by atoms with Gasteiger partial charge in [-0.15, -0.1) is 0 Å². The average molecular weight is 453 g/mol. The topological polar surface area (TPSA) is 110 Å². The quantitative estimate of drug-likeness (QED) is 0.414. The van der Waals surface area contributed by atoms with Crippen LogP contribution in [0.1, 0.15) is 5.56 Å². The van der Waals surface area contributed by atoms with Gasteiger partial charge in [-0.2, -0.15) is 13.1 Å². The lowest BCUT2D eigenvalue weighted by atomic mass is 10.1. The Balaban J connectivity index is 1.72. The summed E-state index contributed by atoms with van der Waals surface area (Å²) in [6, 6.07) is 19.9. The molecule has 2 N–H and O–H groups in total. The summed E-state index contributed by atoms with van der Waals surface area (Å²) in [5.74, 6) is 0.349. The summed E-state index contributed by atoms with van der Waals surface area (Å²) in [5.41, 5.74) is 1.83. The molecule has 0 atom stereocenters. The van der Waals surface area contributed by atoms with Crippen molar-refractivity contribution in [3.63, 3.8) is 0 Å². The Morgan fingerprint density at radius 3 is 2.13 bits per heavy atom. The van der Waals surface area contributed by atoms with Gasteiger partial charge in [-0.1, -0.05) is 72.3 Å². The van der Waals surface area contributed by atoms with Gasteiger partial charge in [0.1, 0.15) is 5.15 Å². The maximum absolute atomic E-state index is 12.8. The minimum atomic E-state index is -3.97. The fraction of sp³-hybridized carbons (Fsp3) is 0.0476. The number of nitrogens with zero attached hydrogens (tertiary/aromatic N) is 4. The maximum Gasteiger partial charge on any atom is 0.300 e. The molecule has 0 aliphatic rings. The van der Waals surface area contributed by atoms with Gasteiger partial charge in [0.05, 0.1) is 5.56 Å². The first-order chi connectivity index (χ1) is 15.0. The van der Waals surface area contributed by atoms with Crippen molar-refractivity contribution >= 4 is 27.6 Å². The Kier molecular flexibility index (Phi) is 6.17. The van der Waals surface area contributed by atoms with Gasteiger partial charge in [0.2, 0.25) is 5.82 Å². The van der Waals surface area contributed by atoms with Crippen LogP contribution in [0.4, 0.5) is 5.82 Å². The highest BCUT2D eigenvalue weighted by Crippen LogP contribution is 2.34. The van der Waals surface area contributed by atoms with Crippen LogP contribution in [0.3, 0.4) is 0 Å². The number of nitrogens with one attached hydrogen (secondary N) is 2. The summed E-state index contributed by atoms with van der Waals surface area (Å²) in [4.78, 5) is 16.9. The molecule has 10 heteroatoms. The predicted octanol–water partition coefficient (Wildman–Crippen LogP) is 3.70. The van der Waals surface area contributed by atoms with Crippen molar-refractivity contribution in [1.82, 2.24) is 24.7 Å². The Bertz CT molecular complexity index is 1270. The van der Waals surface area contributed by atoms with E-state index in [0.29, 0.717) is 11.1 Å². The van der Waals surface area contributed by atoms with E-state index in [9.17, 15) is 8.42 Å². The summed E-state index contributed by atoms with van der Waals surface area (Å²) in [7, 11) is -3.97. The van der Waals surface area contributed by atoms with Crippen LogP contribution >= 0.6 is 11.6 Å². The Morgan fingerprint density at radius 1 is 0.806 bits per heavy atom. The van der Waals surface area contributed by atoms with Crippen molar-refractivity contribution in [2.24, 2.45) is 0 Å². The normalized spacial score (nSPS) is 11.3. The lowest BCUT2D eigenvalue weighted by Crippen LogP contribution is -2.30. The van der Waals surface area contributed by atoms with Crippen LogP contribution in [0.2, 0.25) is 5.15 Å². The Hall–Kier alpha value is -3.40. The van der Waals surface area contributed by atoms with E-state index >= 15 is 0 Å². The van der Waals surface area contributed by atoms with E-state index in [-0.39, 0.29) is 29.2 Å². The number of hydrogen-bond acceptors (Lipinski definition) is 6. The van der Waals surface area contributed by atoms with Crippen molar-refractivity contribution in [2.45, 2.75) is 6.54 Å². The number of hydrogen-bond donors (Lipinski definition) is 2. The SMILES string of the molecule is O=S(=O)(NCc1ccccc1)Nc1nc(-c2ncccn2)nc(Cl)c1-c1ccccc1. The monoisotopic (exact) mass is 452 g/mol. The van der Waals surface area contributed by atoms with E-state index < -0.39 is 10.2 Å². The summed E-state index contributed by atoms with van der Waals surface area (Å²) < 4.78 is 30.5. The molecule has 0 amide bonds. The highest BCUT2D eigenvalue weighted by atomic mass is 35.5. The molecule has 0 fully saturated rings. The number of benzene rings is 2. The van der Waals surface area contributed by atoms with Gasteiger partial charge in [0.15, 0.2) is 11.6 Å². The summed E-state index contributed by atoms with van der Waals surface area (Å²) >= 11 is 6.46. The van der Waals surface area contributed by atoms with Crippen molar-refractivity contribution in [1.29, 1.82) is 0 Å². The minimum Gasteiger partial charge on any atom is -0.254 e. The first kappa shape index (κ1) is 20.9. The largest absolute Gasteiger partial charge is 0.300 e.